The van der Waals surface area contributed by atoms with E-state index in [2.05, 4.69) is 9.38 Å². The zero-order valence-electron chi connectivity index (χ0n) is 12.8. The molecule has 3 rings (SSSR count). The van der Waals surface area contributed by atoms with Crippen LogP contribution in [-0.2, 0) is 10.0 Å². The standard InChI is InChI=1S/C15H15N3O4S/c1-10-17-23(19,20)14-5-4-8-16-15(14)18(10)11-6-7-12(21-2)13(9-11)22-3/h4-9H,1-3H3. The van der Waals surface area contributed by atoms with Gasteiger partial charge in [-0.2, -0.15) is 8.42 Å². The maximum absolute atomic E-state index is 12.2. The van der Waals surface area contributed by atoms with Crippen LogP contribution in [0.3, 0.4) is 0 Å². The molecule has 0 saturated carbocycles. The van der Waals surface area contributed by atoms with Crippen LogP contribution in [0.25, 0.3) is 0 Å². The van der Waals surface area contributed by atoms with E-state index in [0.29, 0.717) is 28.8 Å². The fourth-order valence-corrected chi connectivity index (χ4v) is 3.59. The van der Waals surface area contributed by atoms with Gasteiger partial charge in [0.15, 0.2) is 17.3 Å². The molecule has 0 spiro atoms. The van der Waals surface area contributed by atoms with Gasteiger partial charge in [0, 0.05) is 12.3 Å². The summed E-state index contributed by atoms with van der Waals surface area (Å²) in [4.78, 5) is 5.95. The molecule has 0 radical (unpaired) electrons. The Morgan fingerprint density at radius 1 is 1.09 bits per heavy atom. The summed E-state index contributed by atoms with van der Waals surface area (Å²) in [5.74, 6) is 1.73. The van der Waals surface area contributed by atoms with Gasteiger partial charge in [0.1, 0.15) is 10.7 Å². The number of ether oxygens (including phenoxy) is 2. The Labute approximate surface area is 134 Å². The Balaban J connectivity index is 2.20. The molecule has 0 aliphatic carbocycles. The summed E-state index contributed by atoms with van der Waals surface area (Å²) in [5, 5.41) is 0. The Bertz CT molecular complexity index is 893. The van der Waals surface area contributed by atoms with Crippen LogP contribution in [0, 0.1) is 0 Å². The van der Waals surface area contributed by atoms with Crippen LogP contribution in [0.2, 0.25) is 0 Å². The van der Waals surface area contributed by atoms with E-state index < -0.39 is 10.0 Å². The Kier molecular flexibility index (Phi) is 3.69. The van der Waals surface area contributed by atoms with Crippen molar-refractivity contribution in [2.24, 2.45) is 4.40 Å². The summed E-state index contributed by atoms with van der Waals surface area (Å²) in [7, 11) is -0.646. The van der Waals surface area contributed by atoms with Crippen molar-refractivity contribution in [1.29, 1.82) is 0 Å². The van der Waals surface area contributed by atoms with Gasteiger partial charge in [0.05, 0.1) is 19.9 Å². The smallest absolute Gasteiger partial charge is 0.287 e. The van der Waals surface area contributed by atoms with Crippen LogP contribution < -0.4 is 14.4 Å². The lowest BCUT2D eigenvalue weighted by molar-refractivity contribution is 0.355. The molecule has 0 atom stereocenters. The number of rotatable bonds is 3. The van der Waals surface area contributed by atoms with E-state index in [1.807, 2.05) is 0 Å². The fourth-order valence-electron chi connectivity index (χ4n) is 2.44. The first kappa shape index (κ1) is 15.3. The molecule has 2 aromatic rings. The molecule has 2 heterocycles. The predicted octanol–water partition coefficient (Wildman–Crippen LogP) is 2.36. The highest BCUT2D eigenvalue weighted by molar-refractivity contribution is 7.90. The molecule has 120 valence electrons. The van der Waals surface area contributed by atoms with Crippen LogP contribution in [0.15, 0.2) is 45.8 Å². The molecule has 0 fully saturated rings. The molecule has 1 aromatic carbocycles. The summed E-state index contributed by atoms with van der Waals surface area (Å²) in [5.41, 5.74) is 0.679. The SMILES string of the molecule is COc1ccc(N2C(C)=NS(=O)(=O)c3cccnc32)cc1OC. The molecule has 23 heavy (non-hydrogen) atoms. The van der Waals surface area contributed by atoms with Crippen molar-refractivity contribution in [2.45, 2.75) is 11.8 Å². The number of hydrogen-bond donors (Lipinski definition) is 0. The lowest BCUT2D eigenvalue weighted by Crippen LogP contribution is -2.30. The van der Waals surface area contributed by atoms with Crippen LogP contribution in [-0.4, -0.2) is 33.5 Å². The number of fused-ring (bicyclic) bond motifs is 1. The molecule has 7 nitrogen and oxygen atoms in total. The quantitative estimate of drug-likeness (QED) is 0.858. The highest BCUT2D eigenvalue weighted by Crippen LogP contribution is 2.38. The highest BCUT2D eigenvalue weighted by atomic mass is 32.2. The predicted molar refractivity (Wildman–Crippen MR) is 86.2 cm³/mol. The van der Waals surface area contributed by atoms with E-state index in [-0.39, 0.29) is 4.90 Å². The molecule has 0 N–H and O–H groups in total. The normalized spacial score (nSPS) is 15.6. The zero-order valence-corrected chi connectivity index (χ0v) is 13.7. The number of pyridine rings is 1. The number of methoxy groups -OCH3 is 2. The van der Waals surface area contributed by atoms with Gasteiger partial charge in [0.25, 0.3) is 10.0 Å². The van der Waals surface area contributed by atoms with Gasteiger partial charge in [-0.05, 0) is 31.2 Å². The first-order valence-corrected chi connectivity index (χ1v) is 8.20. The van der Waals surface area contributed by atoms with Gasteiger partial charge < -0.3 is 9.47 Å². The second-order valence-corrected chi connectivity index (χ2v) is 6.39. The van der Waals surface area contributed by atoms with Crippen molar-refractivity contribution < 1.29 is 17.9 Å². The van der Waals surface area contributed by atoms with Crippen LogP contribution in [0.5, 0.6) is 11.5 Å². The largest absolute Gasteiger partial charge is 0.493 e. The number of amidine groups is 1. The number of sulfonamides is 1. The maximum atomic E-state index is 12.2. The fraction of sp³-hybridized carbons (Fsp3) is 0.200. The summed E-state index contributed by atoms with van der Waals surface area (Å²) >= 11 is 0. The third-order valence-electron chi connectivity index (χ3n) is 3.44. The first-order valence-electron chi connectivity index (χ1n) is 6.76. The zero-order chi connectivity index (χ0) is 16.6. The monoisotopic (exact) mass is 333 g/mol. The minimum absolute atomic E-state index is 0.0698. The first-order chi connectivity index (χ1) is 11.0. The number of nitrogens with zero attached hydrogens (tertiary/aromatic N) is 3. The number of benzene rings is 1. The van der Waals surface area contributed by atoms with E-state index in [1.165, 1.54) is 13.2 Å². The van der Waals surface area contributed by atoms with E-state index in [0.717, 1.165) is 0 Å². The van der Waals surface area contributed by atoms with Gasteiger partial charge in [-0.15, -0.1) is 4.40 Å². The third kappa shape index (κ3) is 2.50. The molecule has 0 bridgehead atoms. The molecule has 0 saturated heterocycles. The second kappa shape index (κ2) is 5.54. The Morgan fingerprint density at radius 2 is 1.83 bits per heavy atom. The molecule has 1 aliphatic rings. The molecule has 8 heteroatoms. The van der Waals surface area contributed by atoms with Gasteiger partial charge in [-0.3, -0.25) is 4.90 Å². The van der Waals surface area contributed by atoms with Crippen molar-refractivity contribution in [3.05, 3.63) is 36.5 Å². The number of hydrogen-bond acceptors (Lipinski definition) is 6. The average Bonchev–Trinajstić information content (AvgIpc) is 2.54. The van der Waals surface area contributed by atoms with Crippen molar-refractivity contribution >= 4 is 27.4 Å². The van der Waals surface area contributed by atoms with Gasteiger partial charge in [-0.25, -0.2) is 4.98 Å². The topological polar surface area (TPSA) is 81.1 Å². The second-order valence-electron chi connectivity index (χ2n) is 4.81. The van der Waals surface area contributed by atoms with Crippen LogP contribution in [0.4, 0.5) is 11.5 Å². The van der Waals surface area contributed by atoms with Crippen LogP contribution >= 0.6 is 0 Å². The lowest BCUT2D eigenvalue weighted by Gasteiger charge is -2.28. The third-order valence-corrected chi connectivity index (χ3v) is 4.82. The van der Waals surface area contributed by atoms with E-state index in [9.17, 15) is 8.42 Å². The van der Waals surface area contributed by atoms with Gasteiger partial charge >= 0.3 is 0 Å². The average molecular weight is 333 g/mol. The summed E-state index contributed by atoms with van der Waals surface area (Å²) in [6.45, 7) is 1.62. The van der Waals surface area contributed by atoms with Crippen molar-refractivity contribution in [3.63, 3.8) is 0 Å². The van der Waals surface area contributed by atoms with Crippen molar-refractivity contribution in [2.75, 3.05) is 19.1 Å². The molecule has 0 unspecified atom stereocenters. The minimum Gasteiger partial charge on any atom is -0.493 e. The molecule has 1 aromatic heterocycles. The number of anilines is 2. The highest BCUT2D eigenvalue weighted by Gasteiger charge is 2.31. The van der Waals surface area contributed by atoms with E-state index in [4.69, 9.17) is 9.47 Å². The summed E-state index contributed by atoms with van der Waals surface area (Å²) in [6, 6.07) is 8.33. The van der Waals surface area contributed by atoms with Crippen molar-refractivity contribution in [3.8, 4) is 11.5 Å². The van der Waals surface area contributed by atoms with Gasteiger partial charge in [0.2, 0.25) is 0 Å². The molecular weight excluding hydrogens is 318 g/mol. The van der Waals surface area contributed by atoms with E-state index >= 15 is 0 Å². The summed E-state index contributed by atoms with van der Waals surface area (Å²) < 4.78 is 38.7. The molecular formula is C15H15N3O4S. The lowest BCUT2D eigenvalue weighted by atomic mass is 10.2. The maximum Gasteiger partial charge on any atom is 0.287 e. The van der Waals surface area contributed by atoms with Gasteiger partial charge in [-0.1, -0.05) is 0 Å². The number of aromatic nitrogens is 1. The minimum atomic E-state index is -3.73. The van der Waals surface area contributed by atoms with Crippen molar-refractivity contribution in [1.82, 2.24) is 4.98 Å². The summed E-state index contributed by atoms with van der Waals surface area (Å²) in [6.07, 6.45) is 1.54. The molecule has 0 amide bonds. The van der Waals surface area contributed by atoms with Crippen LogP contribution in [0.1, 0.15) is 6.92 Å². The molecule has 1 aliphatic heterocycles. The Morgan fingerprint density at radius 3 is 2.52 bits per heavy atom. The Hall–Kier alpha value is -2.61. The van der Waals surface area contributed by atoms with E-state index in [1.54, 1.807) is 49.4 Å².